The standard InChI is InChI=1S/C13H28N2O2/c1-11(16-4)13(2,10-14)15(3)8-12-6-5-7-17-9-12/h11-12H,5-10,14H2,1-4H3. The summed E-state index contributed by atoms with van der Waals surface area (Å²) in [4.78, 5) is 2.33. The van der Waals surface area contributed by atoms with Crippen LogP contribution < -0.4 is 5.73 Å². The Morgan fingerprint density at radius 1 is 1.59 bits per heavy atom. The van der Waals surface area contributed by atoms with E-state index in [-0.39, 0.29) is 11.6 Å². The molecule has 1 saturated heterocycles. The van der Waals surface area contributed by atoms with Gasteiger partial charge in [0.2, 0.25) is 0 Å². The molecule has 0 aliphatic carbocycles. The lowest BCUT2D eigenvalue weighted by Gasteiger charge is -2.43. The van der Waals surface area contributed by atoms with Gasteiger partial charge >= 0.3 is 0 Å². The molecule has 17 heavy (non-hydrogen) atoms. The van der Waals surface area contributed by atoms with Crippen molar-refractivity contribution < 1.29 is 9.47 Å². The average Bonchev–Trinajstić information content (AvgIpc) is 2.37. The highest BCUT2D eigenvalue weighted by Crippen LogP contribution is 2.23. The van der Waals surface area contributed by atoms with Crippen LogP contribution in [0.25, 0.3) is 0 Å². The molecule has 0 amide bonds. The maximum atomic E-state index is 5.94. The van der Waals surface area contributed by atoms with E-state index in [1.165, 1.54) is 12.8 Å². The molecule has 1 rings (SSSR count). The van der Waals surface area contributed by atoms with Gasteiger partial charge in [0.05, 0.1) is 18.2 Å². The van der Waals surface area contributed by atoms with Crippen molar-refractivity contribution in [1.29, 1.82) is 0 Å². The third kappa shape index (κ3) is 3.65. The number of hydrogen-bond acceptors (Lipinski definition) is 4. The second-order valence-electron chi connectivity index (χ2n) is 5.40. The van der Waals surface area contributed by atoms with E-state index < -0.39 is 0 Å². The number of nitrogens with zero attached hydrogens (tertiary/aromatic N) is 1. The minimum Gasteiger partial charge on any atom is -0.381 e. The molecule has 0 aromatic carbocycles. The van der Waals surface area contributed by atoms with Crippen LogP contribution in [0.15, 0.2) is 0 Å². The van der Waals surface area contributed by atoms with Gasteiger partial charge in [-0.1, -0.05) is 0 Å². The van der Waals surface area contributed by atoms with Crippen LogP contribution in [0.2, 0.25) is 0 Å². The van der Waals surface area contributed by atoms with E-state index in [4.69, 9.17) is 15.2 Å². The average molecular weight is 244 g/mol. The van der Waals surface area contributed by atoms with Crippen LogP contribution in [-0.2, 0) is 9.47 Å². The Hall–Kier alpha value is -0.160. The zero-order valence-corrected chi connectivity index (χ0v) is 11.7. The quantitative estimate of drug-likeness (QED) is 0.760. The maximum Gasteiger partial charge on any atom is 0.0736 e. The molecule has 0 aromatic rings. The molecule has 2 N–H and O–H groups in total. The predicted molar refractivity (Wildman–Crippen MR) is 70.1 cm³/mol. The molecule has 4 nitrogen and oxygen atoms in total. The monoisotopic (exact) mass is 244 g/mol. The summed E-state index contributed by atoms with van der Waals surface area (Å²) >= 11 is 0. The minimum absolute atomic E-state index is 0.105. The van der Waals surface area contributed by atoms with Gasteiger partial charge in [0.15, 0.2) is 0 Å². The van der Waals surface area contributed by atoms with Gasteiger partial charge in [0, 0.05) is 26.8 Å². The van der Waals surface area contributed by atoms with Gasteiger partial charge < -0.3 is 15.2 Å². The first-order valence-corrected chi connectivity index (χ1v) is 6.56. The number of nitrogens with two attached hydrogens (primary N) is 1. The zero-order valence-electron chi connectivity index (χ0n) is 11.7. The third-order valence-corrected chi connectivity index (χ3v) is 4.30. The lowest BCUT2D eigenvalue weighted by Crippen LogP contribution is -2.58. The zero-order chi connectivity index (χ0) is 12.9. The molecule has 1 aliphatic rings. The van der Waals surface area contributed by atoms with E-state index in [0.29, 0.717) is 12.5 Å². The van der Waals surface area contributed by atoms with E-state index >= 15 is 0 Å². The fraction of sp³-hybridized carbons (Fsp3) is 1.00. The summed E-state index contributed by atoms with van der Waals surface area (Å²) in [5, 5.41) is 0. The van der Waals surface area contributed by atoms with Gasteiger partial charge in [-0.3, -0.25) is 4.90 Å². The smallest absolute Gasteiger partial charge is 0.0736 e. The molecule has 3 atom stereocenters. The molecule has 0 radical (unpaired) electrons. The second-order valence-corrected chi connectivity index (χ2v) is 5.40. The van der Waals surface area contributed by atoms with Gasteiger partial charge in [-0.2, -0.15) is 0 Å². The highest BCUT2D eigenvalue weighted by Gasteiger charge is 2.35. The van der Waals surface area contributed by atoms with E-state index in [1.54, 1.807) is 7.11 Å². The van der Waals surface area contributed by atoms with Crippen molar-refractivity contribution in [3.8, 4) is 0 Å². The predicted octanol–water partition coefficient (Wildman–Crippen LogP) is 1.10. The van der Waals surface area contributed by atoms with Crippen molar-refractivity contribution in [1.82, 2.24) is 4.90 Å². The Balaban J connectivity index is 2.55. The Labute approximate surface area is 105 Å². The number of rotatable bonds is 6. The van der Waals surface area contributed by atoms with Crippen LogP contribution in [0.5, 0.6) is 0 Å². The number of methoxy groups -OCH3 is 1. The molecule has 0 saturated carbocycles. The SMILES string of the molecule is COC(C)C(C)(CN)N(C)CC1CCCOC1. The Bertz CT molecular complexity index is 219. The van der Waals surface area contributed by atoms with Gasteiger partial charge in [-0.25, -0.2) is 0 Å². The third-order valence-electron chi connectivity index (χ3n) is 4.30. The molecule has 1 fully saturated rings. The highest BCUT2D eigenvalue weighted by atomic mass is 16.5. The number of ether oxygens (including phenoxy) is 2. The minimum atomic E-state index is -0.105. The van der Waals surface area contributed by atoms with Crippen LogP contribution in [0, 0.1) is 5.92 Å². The fourth-order valence-electron chi connectivity index (χ4n) is 2.43. The Kier molecular flexibility index (Phi) is 5.86. The summed E-state index contributed by atoms with van der Waals surface area (Å²) in [5.41, 5.74) is 5.83. The van der Waals surface area contributed by atoms with Crippen LogP contribution >= 0.6 is 0 Å². The molecule has 0 aromatic heterocycles. The van der Waals surface area contributed by atoms with Crippen LogP contribution in [-0.4, -0.2) is 57.0 Å². The van der Waals surface area contributed by atoms with Gasteiger partial charge in [0.1, 0.15) is 0 Å². The molecule has 1 heterocycles. The topological polar surface area (TPSA) is 47.7 Å². The molecule has 4 heteroatoms. The second kappa shape index (κ2) is 6.69. The van der Waals surface area contributed by atoms with E-state index in [1.807, 2.05) is 0 Å². The summed E-state index contributed by atoms with van der Waals surface area (Å²) in [6, 6.07) is 0. The summed E-state index contributed by atoms with van der Waals surface area (Å²) in [6.07, 6.45) is 2.56. The normalized spacial score (nSPS) is 26.8. The molecule has 0 bridgehead atoms. The maximum absolute atomic E-state index is 5.94. The van der Waals surface area contributed by atoms with Crippen molar-refractivity contribution >= 4 is 0 Å². The van der Waals surface area contributed by atoms with E-state index in [9.17, 15) is 0 Å². The molecule has 1 aliphatic heterocycles. The molecular weight excluding hydrogens is 216 g/mol. The molecule has 3 unspecified atom stereocenters. The van der Waals surface area contributed by atoms with Crippen molar-refractivity contribution in [3.63, 3.8) is 0 Å². The largest absolute Gasteiger partial charge is 0.381 e. The summed E-state index contributed by atoms with van der Waals surface area (Å²) in [6.45, 7) is 7.69. The molecule has 0 spiro atoms. The molecule has 102 valence electrons. The highest BCUT2D eigenvalue weighted by molar-refractivity contribution is 4.92. The van der Waals surface area contributed by atoms with E-state index in [2.05, 4.69) is 25.8 Å². The van der Waals surface area contributed by atoms with Crippen molar-refractivity contribution in [3.05, 3.63) is 0 Å². The van der Waals surface area contributed by atoms with Crippen molar-refractivity contribution in [2.75, 3.05) is 40.5 Å². The van der Waals surface area contributed by atoms with Gasteiger partial charge in [-0.05, 0) is 39.7 Å². The number of hydrogen-bond donors (Lipinski definition) is 1. The lowest BCUT2D eigenvalue weighted by molar-refractivity contribution is -0.0381. The Morgan fingerprint density at radius 3 is 2.76 bits per heavy atom. The summed E-state index contributed by atoms with van der Waals surface area (Å²) in [5.74, 6) is 0.628. The van der Waals surface area contributed by atoms with Crippen molar-refractivity contribution in [2.45, 2.75) is 38.3 Å². The van der Waals surface area contributed by atoms with Crippen LogP contribution in [0.3, 0.4) is 0 Å². The van der Waals surface area contributed by atoms with Crippen LogP contribution in [0.4, 0.5) is 0 Å². The Morgan fingerprint density at radius 2 is 2.29 bits per heavy atom. The lowest BCUT2D eigenvalue weighted by atomic mass is 9.91. The number of likely N-dealkylation sites (N-methyl/N-ethyl adjacent to an activating group) is 1. The first-order valence-electron chi connectivity index (χ1n) is 6.56. The summed E-state index contributed by atoms with van der Waals surface area (Å²) in [7, 11) is 3.88. The fourth-order valence-corrected chi connectivity index (χ4v) is 2.43. The first kappa shape index (κ1) is 14.9. The van der Waals surface area contributed by atoms with Gasteiger partial charge in [0.25, 0.3) is 0 Å². The van der Waals surface area contributed by atoms with E-state index in [0.717, 1.165) is 19.8 Å². The van der Waals surface area contributed by atoms with Crippen molar-refractivity contribution in [2.24, 2.45) is 11.7 Å². The van der Waals surface area contributed by atoms with Gasteiger partial charge in [-0.15, -0.1) is 0 Å². The van der Waals surface area contributed by atoms with Crippen LogP contribution in [0.1, 0.15) is 26.7 Å². The summed E-state index contributed by atoms with van der Waals surface area (Å²) < 4.78 is 11.0. The first-order chi connectivity index (χ1) is 8.04. The molecular formula is C13H28N2O2.